The van der Waals surface area contributed by atoms with Crippen molar-refractivity contribution < 1.29 is 9.53 Å². The topological polar surface area (TPSA) is 26.3 Å². The highest BCUT2D eigenvalue weighted by molar-refractivity contribution is 9.08. The number of alkyl halides is 1. The van der Waals surface area contributed by atoms with Crippen LogP contribution in [-0.4, -0.2) is 12.6 Å². The van der Waals surface area contributed by atoms with Gasteiger partial charge in [0.25, 0.3) is 0 Å². The van der Waals surface area contributed by atoms with Crippen molar-refractivity contribution in [3.05, 3.63) is 70.8 Å². The smallest absolute Gasteiger partial charge is 0.338 e. The Morgan fingerprint density at radius 2 is 1.64 bits per heavy atom. The van der Waals surface area contributed by atoms with Crippen LogP contribution in [0, 0.1) is 0 Å². The van der Waals surface area contributed by atoms with Crippen LogP contribution in [0.1, 0.15) is 46.8 Å². The minimum Gasteiger partial charge on any atom is -0.462 e. The molecule has 0 heterocycles. The summed E-state index contributed by atoms with van der Waals surface area (Å²) in [7, 11) is 0. The zero-order valence-electron chi connectivity index (χ0n) is 13.0. The molecule has 2 aromatic carbocycles. The fraction of sp³-hybridized carbons (Fsp3) is 0.316. The number of hydrogen-bond donors (Lipinski definition) is 0. The van der Waals surface area contributed by atoms with Crippen LogP contribution in [-0.2, 0) is 16.5 Å². The van der Waals surface area contributed by atoms with Gasteiger partial charge in [0, 0.05) is 5.33 Å². The summed E-state index contributed by atoms with van der Waals surface area (Å²) in [6.45, 7) is 4.44. The SMILES string of the molecule is CCOC(=O)c1ccc(CC(C)c2ccc(CBr)cc2)cc1. The molecule has 116 valence electrons. The van der Waals surface area contributed by atoms with E-state index in [1.54, 1.807) is 0 Å². The van der Waals surface area contributed by atoms with Crippen molar-refractivity contribution in [2.75, 3.05) is 6.61 Å². The van der Waals surface area contributed by atoms with Crippen molar-refractivity contribution in [3.8, 4) is 0 Å². The van der Waals surface area contributed by atoms with E-state index in [4.69, 9.17) is 4.74 Å². The highest BCUT2D eigenvalue weighted by atomic mass is 79.9. The average molecular weight is 361 g/mol. The number of esters is 1. The molecule has 1 atom stereocenters. The summed E-state index contributed by atoms with van der Waals surface area (Å²) in [6, 6.07) is 16.4. The van der Waals surface area contributed by atoms with Crippen LogP contribution in [0.4, 0.5) is 0 Å². The lowest BCUT2D eigenvalue weighted by atomic mass is 9.93. The molecule has 22 heavy (non-hydrogen) atoms. The summed E-state index contributed by atoms with van der Waals surface area (Å²) in [6.07, 6.45) is 0.955. The molecule has 0 aliphatic carbocycles. The number of rotatable bonds is 6. The molecule has 0 bridgehead atoms. The highest BCUT2D eigenvalue weighted by Crippen LogP contribution is 2.22. The molecule has 2 nitrogen and oxygen atoms in total. The normalized spacial score (nSPS) is 12.0. The van der Waals surface area contributed by atoms with E-state index in [0.29, 0.717) is 18.1 Å². The monoisotopic (exact) mass is 360 g/mol. The van der Waals surface area contributed by atoms with Gasteiger partial charge in [-0.1, -0.05) is 59.3 Å². The number of hydrogen-bond acceptors (Lipinski definition) is 2. The van der Waals surface area contributed by atoms with Crippen molar-refractivity contribution in [2.24, 2.45) is 0 Å². The molecule has 3 heteroatoms. The van der Waals surface area contributed by atoms with Crippen LogP contribution in [0.3, 0.4) is 0 Å². The molecule has 0 spiro atoms. The number of halogens is 1. The molecule has 0 amide bonds. The maximum absolute atomic E-state index is 11.6. The Labute approximate surface area is 140 Å². The van der Waals surface area contributed by atoms with Crippen LogP contribution in [0.15, 0.2) is 48.5 Å². The lowest BCUT2D eigenvalue weighted by Gasteiger charge is -2.13. The summed E-state index contributed by atoms with van der Waals surface area (Å²) >= 11 is 3.46. The van der Waals surface area contributed by atoms with Crippen molar-refractivity contribution in [1.82, 2.24) is 0 Å². The number of carbonyl (C=O) groups excluding carboxylic acids is 1. The lowest BCUT2D eigenvalue weighted by Crippen LogP contribution is -2.05. The maximum Gasteiger partial charge on any atom is 0.338 e. The molecule has 0 aliphatic rings. The number of benzene rings is 2. The molecular weight excluding hydrogens is 340 g/mol. The van der Waals surface area contributed by atoms with Crippen molar-refractivity contribution in [3.63, 3.8) is 0 Å². The number of carbonyl (C=O) groups is 1. The molecule has 0 saturated carbocycles. The van der Waals surface area contributed by atoms with Crippen LogP contribution < -0.4 is 0 Å². The third-order valence-corrected chi connectivity index (χ3v) is 4.36. The van der Waals surface area contributed by atoms with E-state index in [0.717, 1.165) is 11.8 Å². The van der Waals surface area contributed by atoms with Crippen LogP contribution >= 0.6 is 15.9 Å². The van der Waals surface area contributed by atoms with Crippen molar-refractivity contribution >= 4 is 21.9 Å². The fourth-order valence-corrected chi connectivity index (χ4v) is 2.77. The Kier molecular flexibility index (Phi) is 6.20. The standard InChI is InChI=1S/C19H21BrO2/c1-3-22-19(21)18-10-4-15(5-11-18)12-14(2)17-8-6-16(13-20)7-9-17/h4-11,14H,3,12-13H2,1-2H3. The summed E-state index contributed by atoms with van der Waals surface area (Å²) in [5.41, 5.74) is 4.46. The zero-order chi connectivity index (χ0) is 15.9. The molecule has 0 radical (unpaired) electrons. The molecular formula is C19H21BrO2. The van der Waals surface area contributed by atoms with Crippen molar-refractivity contribution in [1.29, 1.82) is 0 Å². The Morgan fingerprint density at radius 3 is 2.18 bits per heavy atom. The molecule has 0 fully saturated rings. The van der Waals surface area contributed by atoms with E-state index in [1.807, 2.05) is 31.2 Å². The Bertz CT molecular complexity index is 602. The zero-order valence-corrected chi connectivity index (χ0v) is 14.6. The Morgan fingerprint density at radius 1 is 1.05 bits per heavy atom. The third kappa shape index (κ3) is 4.44. The van der Waals surface area contributed by atoms with E-state index in [2.05, 4.69) is 47.1 Å². The third-order valence-electron chi connectivity index (χ3n) is 3.71. The van der Waals surface area contributed by atoms with Gasteiger partial charge in [0.1, 0.15) is 0 Å². The van der Waals surface area contributed by atoms with Gasteiger partial charge in [0.05, 0.1) is 12.2 Å². The van der Waals surface area contributed by atoms with E-state index in [1.165, 1.54) is 16.7 Å². The second-order valence-electron chi connectivity index (χ2n) is 5.40. The predicted octanol–water partition coefficient (Wildman–Crippen LogP) is 5.10. The first-order valence-corrected chi connectivity index (χ1v) is 8.67. The average Bonchev–Trinajstić information content (AvgIpc) is 2.55. The fourth-order valence-electron chi connectivity index (χ4n) is 2.40. The van der Waals surface area contributed by atoms with Gasteiger partial charge in [0.15, 0.2) is 0 Å². The number of ether oxygens (including phenoxy) is 1. The van der Waals surface area contributed by atoms with Crippen LogP contribution in [0.2, 0.25) is 0 Å². The van der Waals surface area contributed by atoms with E-state index >= 15 is 0 Å². The summed E-state index contributed by atoms with van der Waals surface area (Å²) in [5.74, 6) is 0.185. The Hall–Kier alpha value is -1.61. The first-order chi connectivity index (χ1) is 10.6. The van der Waals surface area contributed by atoms with Gasteiger partial charge in [-0.3, -0.25) is 0 Å². The summed E-state index contributed by atoms with van der Waals surface area (Å²) in [5, 5.41) is 0.886. The molecule has 0 N–H and O–H groups in total. The Balaban J connectivity index is 2.01. The van der Waals surface area contributed by atoms with Crippen LogP contribution in [0.25, 0.3) is 0 Å². The van der Waals surface area contributed by atoms with Gasteiger partial charge in [-0.15, -0.1) is 0 Å². The van der Waals surface area contributed by atoms with Gasteiger partial charge >= 0.3 is 5.97 Å². The molecule has 0 aliphatic heterocycles. The second-order valence-corrected chi connectivity index (χ2v) is 5.96. The van der Waals surface area contributed by atoms with E-state index in [-0.39, 0.29) is 5.97 Å². The van der Waals surface area contributed by atoms with Crippen LogP contribution in [0.5, 0.6) is 0 Å². The summed E-state index contributed by atoms with van der Waals surface area (Å²) < 4.78 is 5.00. The predicted molar refractivity (Wildman–Crippen MR) is 93.6 cm³/mol. The minimum absolute atomic E-state index is 0.257. The second kappa shape index (κ2) is 8.14. The highest BCUT2D eigenvalue weighted by Gasteiger charge is 2.09. The van der Waals surface area contributed by atoms with E-state index < -0.39 is 0 Å². The van der Waals surface area contributed by atoms with Gasteiger partial charge in [0.2, 0.25) is 0 Å². The molecule has 0 saturated heterocycles. The largest absolute Gasteiger partial charge is 0.462 e. The first-order valence-electron chi connectivity index (χ1n) is 7.55. The minimum atomic E-state index is -0.257. The molecule has 0 aromatic heterocycles. The van der Waals surface area contributed by atoms with Gasteiger partial charge in [-0.25, -0.2) is 4.79 Å². The van der Waals surface area contributed by atoms with Gasteiger partial charge in [-0.2, -0.15) is 0 Å². The molecule has 2 aromatic rings. The van der Waals surface area contributed by atoms with Gasteiger partial charge in [-0.05, 0) is 48.1 Å². The molecule has 1 unspecified atom stereocenters. The van der Waals surface area contributed by atoms with E-state index in [9.17, 15) is 4.79 Å². The quantitative estimate of drug-likeness (QED) is 0.528. The van der Waals surface area contributed by atoms with Crippen molar-refractivity contribution in [2.45, 2.75) is 31.5 Å². The maximum atomic E-state index is 11.6. The summed E-state index contributed by atoms with van der Waals surface area (Å²) in [4.78, 5) is 11.6. The van der Waals surface area contributed by atoms with Gasteiger partial charge < -0.3 is 4.74 Å². The first kappa shape index (κ1) is 16.8. The lowest BCUT2D eigenvalue weighted by molar-refractivity contribution is 0.0526. The molecule has 2 rings (SSSR count).